The van der Waals surface area contributed by atoms with E-state index in [2.05, 4.69) is 17.6 Å². The summed E-state index contributed by atoms with van der Waals surface area (Å²) in [5.74, 6) is -0.337. The molecule has 1 unspecified atom stereocenters. The van der Waals surface area contributed by atoms with Gasteiger partial charge in [-0.15, -0.1) is 0 Å². The average Bonchev–Trinajstić information content (AvgIpc) is 2.46. The smallest absolute Gasteiger partial charge is 0.293 e. The highest BCUT2D eigenvalue weighted by atomic mass is 32.2. The molecule has 0 aromatic heterocycles. The van der Waals surface area contributed by atoms with Gasteiger partial charge in [0, 0.05) is 30.5 Å². The summed E-state index contributed by atoms with van der Waals surface area (Å²) in [5.41, 5.74) is 0.640. The van der Waals surface area contributed by atoms with Crippen LogP contribution in [-0.4, -0.2) is 35.9 Å². The number of carbonyl (C=O) groups excluding carboxylic acids is 1. The van der Waals surface area contributed by atoms with Crippen LogP contribution in [0.15, 0.2) is 18.2 Å². The highest BCUT2D eigenvalue weighted by molar-refractivity contribution is 7.99. The number of nitro groups is 1. The Bertz CT molecular complexity index is 494. The number of hydrogen-bond donors (Lipinski definition) is 2. The van der Waals surface area contributed by atoms with Crippen LogP contribution < -0.4 is 10.6 Å². The molecule has 1 atom stereocenters. The first-order valence-electron chi connectivity index (χ1n) is 6.26. The minimum absolute atomic E-state index is 0.0806. The Morgan fingerprint density at radius 2 is 2.20 bits per heavy atom. The van der Waals surface area contributed by atoms with Gasteiger partial charge in [0.25, 0.3) is 11.6 Å². The van der Waals surface area contributed by atoms with Crippen molar-refractivity contribution in [3.05, 3.63) is 33.9 Å². The van der Waals surface area contributed by atoms with Crippen molar-refractivity contribution >= 4 is 29.0 Å². The maximum absolute atomic E-state index is 11.5. The van der Waals surface area contributed by atoms with E-state index in [1.54, 1.807) is 23.9 Å². The molecule has 110 valence electrons. The molecule has 0 aliphatic carbocycles. The van der Waals surface area contributed by atoms with Crippen LogP contribution in [0.2, 0.25) is 0 Å². The zero-order chi connectivity index (χ0) is 15.1. The largest absolute Gasteiger partial charge is 0.379 e. The summed E-state index contributed by atoms with van der Waals surface area (Å²) in [6.07, 6.45) is 2.95. The molecule has 1 aromatic rings. The Hall–Kier alpha value is -1.76. The predicted molar refractivity (Wildman–Crippen MR) is 82.6 cm³/mol. The number of hydrogen-bond acceptors (Lipinski definition) is 5. The van der Waals surface area contributed by atoms with Crippen molar-refractivity contribution in [2.24, 2.45) is 0 Å². The van der Waals surface area contributed by atoms with E-state index in [9.17, 15) is 14.9 Å². The second-order valence-electron chi connectivity index (χ2n) is 4.33. The third-order valence-corrected chi connectivity index (χ3v) is 3.99. The number of thioether (sulfide) groups is 1. The van der Waals surface area contributed by atoms with Gasteiger partial charge < -0.3 is 10.6 Å². The number of anilines is 1. The molecule has 0 saturated carbocycles. The molecular formula is C13H19N3O3S. The van der Waals surface area contributed by atoms with Crippen LogP contribution in [0, 0.1) is 10.1 Å². The van der Waals surface area contributed by atoms with E-state index in [4.69, 9.17) is 0 Å². The van der Waals surface area contributed by atoms with Gasteiger partial charge >= 0.3 is 0 Å². The van der Waals surface area contributed by atoms with E-state index in [-0.39, 0.29) is 17.2 Å². The predicted octanol–water partition coefficient (Wildman–Crippen LogP) is 2.51. The molecule has 2 N–H and O–H groups in total. The van der Waals surface area contributed by atoms with Gasteiger partial charge in [0.15, 0.2) is 0 Å². The van der Waals surface area contributed by atoms with E-state index in [1.807, 2.05) is 6.26 Å². The van der Waals surface area contributed by atoms with Gasteiger partial charge in [-0.3, -0.25) is 14.9 Å². The zero-order valence-corrected chi connectivity index (χ0v) is 12.6. The summed E-state index contributed by atoms with van der Waals surface area (Å²) < 4.78 is 0. The molecule has 20 heavy (non-hydrogen) atoms. The molecule has 0 saturated heterocycles. The van der Waals surface area contributed by atoms with Crippen LogP contribution in [0.3, 0.4) is 0 Å². The van der Waals surface area contributed by atoms with Crippen LogP contribution >= 0.6 is 11.8 Å². The fourth-order valence-electron chi connectivity index (χ4n) is 1.65. The highest BCUT2D eigenvalue weighted by Gasteiger charge is 2.16. The van der Waals surface area contributed by atoms with Gasteiger partial charge in [0.1, 0.15) is 5.69 Å². The van der Waals surface area contributed by atoms with E-state index < -0.39 is 4.92 Å². The van der Waals surface area contributed by atoms with Crippen molar-refractivity contribution in [1.29, 1.82) is 0 Å². The first-order valence-corrected chi connectivity index (χ1v) is 7.55. The molecular weight excluding hydrogens is 278 g/mol. The van der Waals surface area contributed by atoms with Crippen LogP contribution in [0.1, 0.15) is 23.7 Å². The Balaban J connectivity index is 2.85. The third-order valence-electron chi connectivity index (χ3n) is 2.95. The minimum atomic E-state index is -0.479. The standard InChI is InChI=1S/C13H19N3O3S/c1-9(20-3)6-7-15-11-5-4-10(13(17)14-2)8-12(11)16(18)19/h4-5,8-9,15H,6-7H2,1-3H3,(H,14,17). The first kappa shape index (κ1) is 16.3. The number of nitrogens with zero attached hydrogens (tertiary/aromatic N) is 1. The second-order valence-corrected chi connectivity index (χ2v) is 5.61. The van der Waals surface area contributed by atoms with E-state index in [1.165, 1.54) is 13.1 Å². The van der Waals surface area contributed by atoms with Gasteiger partial charge in [0.2, 0.25) is 0 Å². The van der Waals surface area contributed by atoms with Crippen LogP contribution in [-0.2, 0) is 0 Å². The molecule has 0 radical (unpaired) electrons. The number of nitrogens with one attached hydrogen (secondary N) is 2. The van der Waals surface area contributed by atoms with Crippen molar-refractivity contribution in [2.45, 2.75) is 18.6 Å². The van der Waals surface area contributed by atoms with Gasteiger partial charge in [0.05, 0.1) is 4.92 Å². The van der Waals surface area contributed by atoms with Gasteiger partial charge in [-0.25, -0.2) is 0 Å². The SMILES string of the molecule is CNC(=O)c1ccc(NCCC(C)SC)c([N+](=O)[O-])c1. The van der Waals surface area contributed by atoms with Crippen molar-refractivity contribution in [1.82, 2.24) is 5.32 Å². The normalized spacial score (nSPS) is 11.8. The monoisotopic (exact) mass is 297 g/mol. The van der Waals surface area contributed by atoms with Crippen LogP contribution in [0.25, 0.3) is 0 Å². The summed E-state index contributed by atoms with van der Waals surface area (Å²) >= 11 is 1.75. The molecule has 6 nitrogen and oxygen atoms in total. The summed E-state index contributed by atoms with van der Waals surface area (Å²) in [4.78, 5) is 22.1. The number of amides is 1. The zero-order valence-electron chi connectivity index (χ0n) is 11.8. The quantitative estimate of drug-likeness (QED) is 0.596. The fraction of sp³-hybridized carbons (Fsp3) is 0.462. The van der Waals surface area contributed by atoms with Gasteiger partial charge in [-0.05, 0) is 24.8 Å². The molecule has 0 fully saturated rings. The molecule has 0 heterocycles. The van der Waals surface area contributed by atoms with Crippen molar-refractivity contribution in [2.75, 3.05) is 25.2 Å². The molecule has 0 bridgehead atoms. The maximum Gasteiger partial charge on any atom is 0.293 e. The van der Waals surface area contributed by atoms with Gasteiger partial charge in [-0.1, -0.05) is 6.92 Å². The second kappa shape index (κ2) is 7.74. The summed E-state index contributed by atoms with van der Waals surface area (Å²) in [6, 6.07) is 4.44. The van der Waals surface area contributed by atoms with Crippen molar-refractivity contribution in [3.63, 3.8) is 0 Å². The molecule has 1 aromatic carbocycles. The Morgan fingerprint density at radius 1 is 1.50 bits per heavy atom. The molecule has 0 aliphatic heterocycles. The lowest BCUT2D eigenvalue weighted by molar-refractivity contribution is -0.384. The maximum atomic E-state index is 11.5. The molecule has 0 spiro atoms. The highest BCUT2D eigenvalue weighted by Crippen LogP contribution is 2.25. The topological polar surface area (TPSA) is 84.3 Å². The van der Waals surface area contributed by atoms with E-state index in [0.717, 1.165) is 6.42 Å². The number of nitro benzene ring substituents is 1. The average molecular weight is 297 g/mol. The van der Waals surface area contributed by atoms with Crippen LogP contribution in [0.5, 0.6) is 0 Å². The molecule has 1 rings (SSSR count). The van der Waals surface area contributed by atoms with E-state index >= 15 is 0 Å². The molecule has 1 amide bonds. The number of carbonyl (C=O) groups is 1. The third kappa shape index (κ3) is 4.41. The summed E-state index contributed by atoms with van der Waals surface area (Å²) in [5, 5.41) is 17.1. The van der Waals surface area contributed by atoms with Crippen LogP contribution in [0.4, 0.5) is 11.4 Å². The fourth-order valence-corrected chi connectivity index (χ4v) is 2.00. The number of benzene rings is 1. The Labute approximate surface area is 122 Å². The Kier molecular flexibility index (Phi) is 6.30. The van der Waals surface area contributed by atoms with Crippen molar-refractivity contribution < 1.29 is 9.72 Å². The van der Waals surface area contributed by atoms with Gasteiger partial charge in [-0.2, -0.15) is 11.8 Å². The first-order chi connectivity index (χ1) is 9.49. The van der Waals surface area contributed by atoms with E-state index in [0.29, 0.717) is 17.5 Å². The molecule has 7 heteroatoms. The number of rotatable bonds is 7. The molecule has 0 aliphatic rings. The lowest BCUT2D eigenvalue weighted by Gasteiger charge is -2.11. The summed E-state index contributed by atoms with van der Waals surface area (Å²) in [7, 11) is 1.49. The Morgan fingerprint density at radius 3 is 2.75 bits per heavy atom. The van der Waals surface area contributed by atoms with Crippen molar-refractivity contribution in [3.8, 4) is 0 Å². The lowest BCUT2D eigenvalue weighted by Crippen LogP contribution is -2.18. The lowest BCUT2D eigenvalue weighted by atomic mass is 10.1. The summed E-state index contributed by atoms with van der Waals surface area (Å²) in [6.45, 7) is 2.76. The minimum Gasteiger partial charge on any atom is -0.379 e.